The monoisotopic (exact) mass is 362 g/mol. The highest BCUT2D eigenvalue weighted by molar-refractivity contribution is 5.95. The van der Waals surface area contributed by atoms with E-state index in [2.05, 4.69) is 13.8 Å². The van der Waals surface area contributed by atoms with Crippen LogP contribution >= 0.6 is 0 Å². The first kappa shape index (κ1) is 18.2. The molecule has 26 heavy (non-hydrogen) atoms. The van der Waals surface area contributed by atoms with Gasteiger partial charge in [-0.05, 0) is 79.6 Å². The maximum atomic E-state index is 12.4. The van der Waals surface area contributed by atoms with Crippen molar-refractivity contribution < 1.29 is 24.5 Å². The predicted molar refractivity (Wildman–Crippen MR) is 95.5 cm³/mol. The summed E-state index contributed by atoms with van der Waals surface area (Å²) in [5.74, 6) is 0.531. The van der Waals surface area contributed by atoms with Crippen LogP contribution in [0.25, 0.3) is 0 Å². The SMILES string of the molecule is C[C@]12CC[C@H]3[C@@H](CCC4=CC(=O)C(OCC(=O)O)C[C@@]43C)[C@@H]1CC[C@@H]2O. The van der Waals surface area contributed by atoms with E-state index in [4.69, 9.17) is 9.84 Å². The number of ketones is 1. The summed E-state index contributed by atoms with van der Waals surface area (Å²) in [6.07, 6.45) is 7.70. The van der Waals surface area contributed by atoms with Crippen LogP contribution < -0.4 is 0 Å². The van der Waals surface area contributed by atoms with Gasteiger partial charge in [-0.25, -0.2) is 4.79 Å². The molecule has 2 N–H and O–H groups in total. The number of rotatable bonds is 3. The van der Waals surface area contributed by atoms with Crippen LogP contribution in [0, 0.1) is 28.6 Å². The summed E-state index contributed by atoms with van der Waals surface area (Å²) in [5.41, 5.74) is 1.19. The Labute approximate surface area is 154 Å². The molecule has 0 aliphatic heterocycles. The lowest BCUT2D eigenvalue weighted by Crippen LogP contribution is -2.53. The second-order valence-electron chi connectivity index (χ2n) is 9.44. The van der Waals surface area contributed by atoms with Crippen LogP contribution in [0.1, 0.15) is 58.8 Å². The lowest BCUT2D eigenvalue weighted by molar-refractivity contribution is -0.149. The Morgan fingerprint density at radius 1 is 1.23 bits per heavy atom. The Kier molecular flexibility index (Phi) is 4.31. The van der Waals surface area contributed by atoms with Crippen molar-refractivity contribution in [2.24, 2.45) is 28.6 Å². The van der Waals surface area contributed by atoms with Crippen molar-refractivity contribution in [2.45, 2.75) is 71.0 Å². The summed E-state index contributed by atoms with van der Waals surface area (Å²) < 4.78 is 5.44. The minimum Gasteiger partial charge on any atom is -0.480 e. The number of carboxylic acids is 1. The van der Waals surface area contributed by atoms with E-state index in [9.17, 15) is 14.7 Å². The molecule has 1 unspecified atom stereocenters. The molecule has 3 saturated carbocycles. The molecule has 4 aliphatic carbocycles. The summed E-state index contributed by atoms with van der Waals surface area (Å²) in [4.78, 5) is 23.3. The molecule has 0 heterocycles. The van der Waals surface area contributed by atoms with Gasteiger partial charge in [-0.2, -0.15) is 0 Å². The molecule has 0 aromatic rings. The van der Waals surface area contributed by atoms with Gasteiger partial charge in [0.1, 0.15) is 12.7 Å². The third-order valence-electron chi connectivity index (χ3n) is 8.34. The summed E-state index contributed by atoms with van der Waals surface area (Å²) in [5, 5.41) is 19.4. The molecule has 0 aromatic heterocycles. The lowest BCUT2D eigenvalue weighted by atomic mass is 9.47. The first-order valence-corrected chi connectivity index (χ1v) is 10.0. The van der Waals surface area contributed by atoms with Crippen molar-refractivity contribution >= 4 is 11.8 Å². The van der Waals surface area contributed by atoms with Gasteiger partial charge in [-0.3, -0.25) is 4.79 Å². The smallest absolute Gasteiger partial charge is 0.329 e. The van der Waals surface area contributed by atoms with E-state index >= 15 is 0 Å². The fourth-order valence-electron chi connectivity index (χ4n) is 6.88. The topological polar surface area (TPSA) is 83.8 Å². The quantitative estimate of drug-likeness (QED) is 0.806. The molecule has 5 nitrogen and oxygen atoms in total. The van der Waals surface area contributed by atoms with Gasteiger partial charge in [0.25, 0.3) is 0 Å². The van der Waals surface area contributed by atoms with E-state index in [0.29, 0.717) is 24.2 Å². The second-order valence-corrected chi connectivity index (χ2v) is 9.44. The largest absolute Gasteiger partial charge is 0.480 e. The average molecular weight is 362 g/mol. The second kappa shape index (κ2) is 6.16. The van der Waals surface area contributed by atoms with Crippen LogP contribution in [0.4, 0.5) is 0 Å². The summed E-state index contributed by atoms with van der Waals surface area (Å²) in [7, 11) is 0. The van der Waals surface area contributed by atoms with Crippen LogP contribution in [0.15, 0.2) is 11.6 Å². The first-order chi connectivity index (χ1) is 12.3. The number of ether oxygens (including phenoxy) is 1. The van der Waals surface area contributed by atoms with Gasteiger partial charge in [-0.15, -0.1) is 0 Å². The number of fused-ring (bicyclic) bond motifs is 5. The first-order valence-electron chi connectivity index (χ1n) is 10.0. The summed E-state index contributed by atoms with van der Waals surface area (Å²) in [6, 6.07) is 0. The molecule has 7 atom stereocenters. The average Bonchev–Trinajstić information content (AvgIpc) is 2.89. The van der Waals surface area contributed by atoms with E-state index in [1.54, 1.807) is 6.08 Å². The Hall–Kier alpha value is -1.20. The van der Waals surface area contributed by atoms with Crippen molar-refractivity contribution in [1.82, 2.24) is 0 Å². The molecular formula is C21H30O5. The van der Waals surface area contributed by atoms with Crippen LogP contribution in [-0.4, -0.2) is 40.8 Å². The third-order valence-corrected chi connectivity index (χ3v) is 8.34. The molecule has 144 valence electrons. The zero-order valence-electron chi connectivity index (χ0n) is 15.7. The molecular weight excluding hydrogens is 332 g/mol. The van der Waals surface area contributed by atoms with Crippen molar-refractivity contribution in [3.05, 3.63) is 11.6 Å². The Balaban J connectivity index is 1.61. The van der Waals surface area contributed by atoms with Gasteiger partial charge >= 0.3 is 5.97 Å². The van der Waals surface area contributed by atoms with Crippen LogP contribution in [-0.2, 0) is 14.3 Å². The van der Waals surface area contributed by atoms with Gasteiger partial charge in [-0.1, -0.05) is 19.4 Å². The zero-order valence-corrected chi connectivity index (χ0v) is 15.7. The fraction of sp³-hybridized carbons (Fsp3) is 0.810. The zero-order chi connectivity index (χ0) is 18.7. The normalized spacial score (nSPS) is 47.6. The summed E-state index contributed by atoms with van der Waals surface area (Å²) >= 11 is 0. The molecule has 0 aromatic carbocycles. The number of hydrogen-bond acceptors (Lipinski definition) is 4. The number of carboxylic acid groups (broad SMARTS) is 1. The van der Waals surface area contributed by atoms with E-state index in [-0.39, 0.29) is 22.7 Å². The van der Waals surface area contributed by atoms with Crippen molar-refractivity contribution in [3.63, 3.8) is 0 Å². The predicted octanol–water partition coefficient (Wildman–Crippen LogP) is 2.96. The molecule has 0 spiro atoms. The van der Waals surface area contributed by atoms with E-state index in [1.807, 2.05) is 0 Å². The molecule has 4 rings (SSSR count). The minimum atomic E-state index is -1.03. The van der Waals surface area contributed by atoms with Crippen molar-refractivity contribution in [2.75, 3.05) is 6.61 Å². The molecule has 4 aliphatic rings. The molecule has 0 amide bonds. The van der Waals surface area contributed by atoms with E-state index < -0.39 is 18.7 Å². The van der Waals surface area contributed by atoms with E-state index in [1.165, 1.54) is 5.57 Å². The van der Waals surface area contributed by atoms with Gasteiger partial charge in [0.05, 0.1) is 6.10 Å². The minimum absolute atomic E-state index is 0.0441. The Morgan fingerprint density at radius 3 is 2.73 bits per heavy atom. The molecule has 0 radical (unpaired) electrons. The lowest BCUT2D eigenvalue weighted by Gasteiger charge is -2.58. The molecule has 5 heteroatoms. The van der Waals surface area contributed by atoms with Gasteiger partial charge in [0.15, 0.2) is 5.78 Å². The Bertz CT molecular complexity index is 655. The highest BCUT2D eigenvalue weighted by atomic mass is 16.5. The number of aliphatic carboxylic acids is 1. The molecule has 0 saturated heterocycles. The van der Waals surface area contributed by atoms with Crippen molar-refractivity contribution in [3.8, 4) is 0 Å². The fourth-order valence-corrected chi connectivity index (χ4v) is 6.88. The van der Waals surface area contributed by atoms with Gasteiger partial charge in [0, 0.05) is 0 Å². The van der Waals surface area contributed by atoms with E-state index in [0.717, 1.165) is 38.5 Å². The summed E-state index contributed by atoms with van der Waals surface area (Å²) in [6.45, 7) is 4.10. The number of aliphatic hydroxyl groups excluding tert-OH is 1. The molecule has 3 fully saturated rings. The van der Waals surface area contributed by atoms with Crippen LogP contribution in [0.5, 0.6) is 0 Å². The maximum Gasteiger partial charge on any atom is 0.329 e. The maximum absolute atomic E-state index is 12.4. The highest BCUT2D eigenvalue weighted by Gasteiger charge is 2.59. The highest BCUT2D eigenvalue weighted by Crippen LogP contribution is 2.65. The third kappa shape index (κ3) is 2.58. The van der Waals surface area contributed by atoms with Crippen LogP contribution in [0.2, 0.25) is 0 Å². The Morgan fingerprint density at radius 2 is 2.00 bits per heavy atom. The number of carbonyl (C=O) groups is 2. The molecule has 0 bridgehead atoms. The van der Waals surface area contributed by atoms with Crippen molar-refractivity contribution in [1.29, 1.82) is 0 Å². The standard InChI is InChI=1S/C21H30O5/c1-20-8-7-15-13(14(20)5-6-18(20)23)4-3-12-9-16(22)17(10-21(12,15)2)26-11-19(24)25/h9,13-15,17-18,23H,3-8,10-11H2,1-2H3,(H,24,25)/t13-,14-,15-,17?,18-,20-,21-/m0/s1. The van der Waals surface area contributed by atoms with Crippen LogP contribution in [0.3, 0.4) is 0 Å². The van der Waals surface area contributed by atoms with Gasteiger partial charge < -0.3 is 14.9 Å². The number of aliphatic hydroxyl groups is 1. The number of allylic oxidation sites excluding steroid dienone is 1. The van der Waals surface area contributed by atoms with Gasteiger partial charge in [0.2, 0.25) is 0 Å². The number of hydrogen-bond donors (Lipinski definition) is 2. The number of carbonyl (C=O) groups excluding carboxylic acids is 1.